The van der Waals surface area contributed by atoms with Crippen molar-refractivity contribution in [1.82, 2.24) is 14.5 Å². The molecular formula is C19H14ClN3O2S. The van der Waals surface area contributed by atoms with Crippen molar-refractivity contribution in [3.8, 4) is 5.69 Å². The normalized spacial score (nSPS) is 11.2. The van der Waals surface area contributed by atoms with Gasteiger partial charge in [-0.05, 0) is 37.3 Å². The second-order valence-electron chi connectivity index (χ2n) is 5.57. The third kappa shape index (κ3) is 2.67. The number of hydrogen-bond donors (Lipinski definition) is 0. The van der Waals surface area contributed by atoms with Crippen LogP contribution in [-0.2, 0) is 4.74 Å². The van der Waals surface area contributed by atoms with Crippen LogP contribution in [0.25, 0.3) is 31.9 Å². The molecule has 0 spiro atoms. The Morgan fingerprint density at radius 2 is 2.04 bits per heavy atom. The van der Waals surface area contributed by atoms with Crippen LogP contribution in [0, 0.1) is 0 Å². The van der Waals surface area contributed by atoms with Crippen LogP contribution in [0.3, 0.4) is 0 Å². The van der Waals surface area contributed by atoms with Gasteiger partial charge in [0, 0.05) is 22.2 Å². The molecule has 0 aliphatic rings. The molecule has 4 rings (SSSR count). The van der Waals surface area contributed by atoms with Crippen molar-refractivity contribution >= 4 is 49.1 Å². The topological polar surface area (TPSA) is 57.0 Å². The van der Waals surface area contributed by atoms with Crippen LogP contribution in [0.2, 0.25) is 5.02 Å². The van der Waals surface area contributed by atoms with Crippen LogP contribution in [0.4, 0.5) is 0 Å². The number of ether oxygens (including phenoxy) is 1. The van der Waals surface area contributed by atoms with Crippen LogP contribution in [0.1, 0.15) is 12.5 Å². The molecule has 0 bridgehead atoms. The lowest BCUT2D eigenvalue weighted by atomic mass is 10.1. The molecule has 5 nitrogen and oxygen atoms in total. The first-order valence-electron chi connectivity index (χ1n) is 7.97. The van der Waals surface area contributed by atoms with Gasteiger partial charge in [0.25, 0.3) is 5.56 Å². The number of hydrogen-bond acceptors (Lipinski definition) is 5. The standard InChI is InChI=1S/C19H14ClN3O2S/c1-3-25-11(2)14-8-9-21-18-15(14)16-17(26-18)19(24)23(10-22-16)13-6-4-12(20)5-7-13/h4-10H,2-3H2,1H3. The average molecular weight is 384 g/mol. The second kappa shape index (κ2) is 6.55. The average Bonchev–Trinajstić information content (AvgIpc) is 3.03. The first kappa shape index (κ1) is 16.8. The summed E-state index contributed by atoms with van der Waals surface area (Å²) in [5.74, 6) is 0.545. The molecule has 0 amide bonds. The van der Waals surface area contributed by atoms with Gasteiger partial charge in [0.1, 0.15) is 21.6 Å². The summed E-state index contributed by atoms with van der Waals surface area (Å²) >= 11 is 7.25. The maximum Gasteiger partial charge on any atom is 0.275 e. The minimum absolute atomic E-state index is 0.145. The molecule has 3 heterocycles. The van der Waals surface area contributed by atoms with E-state index >= 15 is 0 Å². The van der Waals surface area contributed by atoms with Gasteiger partial charge in [-0.25, -0.2) is 9.97 Å². The maximum atomic E-state index is 13.0. The molecule has 0 atom stereocenters. The van der Waals surface area contributed by atoms with Crippen LogP contribution in [0.15, 0.2) is 54.2 Å². The van der Waals surface area contributed by atoms with Crippen LogP contribution >= 0.6 is 22.9 Å². The van der Waals surface area contributed by atoms with Crippen molar-refractivity contribution in [3.05, 3.63) is 70.4 Å². The Labute approximate surface area is 158 Å². The number of fused-ring (bicyclic) bond motifs is 3. The minimum Gasteiger partial charge on any atom is -0.494 e. The lowest BCUT2D eigenvalue weighted by Crippen LogP contribution is -2.17. The largest absolute Gasteiger partial charge is 0.494 e. The van der Waals surface area contributed by atoms with Gasteiger partial charge in [-0.1, -0.05) is 18.2 Å². The molecule has 3 aromatic heterocycles. The molecule has 0 saturated heterocycles. The molecule has 0 N–H and O–H groups in total. The SMILES string of the molecule is C=C(OCC)c1ccnc2sc3c(=O)n(-c4ccc(Cl)cc4)cnc3c12. The Bertz CT molecular complexity index is 1200. The van der Waals surface area contributed by atoms with E-state index in [9.17, 15) is 4.79 Å². The number of pyridine rings is 1. The molecule has 0 aliphatic carbocycles. The molecule has 4 aromatic rings. The van der Waals surface area contributed by atoms with Crippen LogP contribution in [-0.4, -0.2) is 21.1 Å². The fourth-order valence-electron chi connectivity index (χ4n) is 2.82. The molecule has 0 aliphatic heterocycles. The van der Waals surface area contributed by atoms with Crippen molar-refractivity contribution < 1.29 is 4.74 Å². The van der Waals surface area contributed by atoms with Crippen LogP contribution in [0.5, 0.6) is 0 Å². The predicted molar refractivity (Wildman–Crippen MR) is 106 cm³/mol. The van der Waals surface area contributed by atoms with Gasteiger partial charge in [-0.3, -0.25) is 9.36 Å². The number of aromatic nitrogens is 3. The Morgan fingerprint density at radius 3 is 2.77 bits per heavy atom. The van der Waals surface area contributed by atoms with Gasteiger partial charge >= 0.3 is 0 Å². The highest BCUT2D eigenvalue weighted by molar-refractivity contribution is 7.25. The summed E-state index contributed by atoms with van der Waals surface area (Å²) in [5, 5.41) is 1.41. The summed E-state index contributed by atoms with van der Waals surface area (Å²) in [6, 6.07) is 8.88. The van der Waals surface area contributed by atoms with Crippen molar-refractivity contribution in [2.24, 2.45) is 0 Å². The van der Waals surface area contributed by atoms with E-state index in [1.54, 1.807) is 30.5 Å². The molecule has 0 unspecified atom stereocenters. The van der Waals surface area contributed by atoms with Crippen molar-refractivity contribution in [2.45, 2.75) is 6.92 Å². The van der Waals surface area contributed by atoms with Crippen molar-refractivity contribution in [3.63, 3.8) is 0 Å². The Morgan fingerprint density at radius 1 is 1.27 bits per heavy atom. The fourth-order valence-corrected chi connectivity index (χ4v) is 4.00. The maximum absolute atomic E-state index is 13.0. The molecule has 0 radical (unpaired) electrons. The van der Waals surface area contributed by atoms with Gasteiger partial charge in [0.05, 0.1) is 17.8 Å². The van der Waals surface area contributed by atoms with E-state index in [4.69, 9.17) is 16.3 Å². The van der Waals surface area contributed by atoms with Gasteiger partial charge in [0.15, 0.2) is 0 Å². The molecule has 7 heteroatoms. The zero-order chi connectivity index (χ0) is 18.3. The number of halogens is 1. The van der Waals surface area contributed by atoms with Crippen molar-refractivity contribution in [2.75, 3.05) is 6.61 Å². The fraction of sp³-hybridized carbons (Fsp3) is 0.105. The molecule has 0 fully saturated rings. The lowest BCUT2D eigenvalue weighted by Gasteiger charge is -2.08. The van der Waals surface area contributed by atoms with E-state index in [0.717, 1.165) is 15.8 Å². The van der Waals surface area contributed by atoms with Gasteiger partial charge < -0.3 is 4.74 Å². The van der Waals surface area contributed by atoms with Crippen molar-refractivity contribution in [1.29, 1.82) is 0 Å². The summed E-state index contributed by atoms with van der Waals surface area (Å²) in [6.45, 7) is 6.39. The Hall–Kier alpha value is -2.70. The van der Waals surface area contributed by atoms with Gasteiger partial charge in [0.2, 0.25) is 0 Å². The summed E-state index contributed by atoms with van der Waals surface area (Å²) < 4.78 is 7.60. The number of thiophene rings is 1. The Balaban J connectivity index is 1.98. The highest BCUT2D eigenvalue weighted by atomic mass is 35.5. The van der Waals surface area contributed by atoms with E-state index in [1.165, 1.54) is 22.2 Å². The van der Waals surface area contributed by atoms with Gasteiger partial charge in [-0.15, -0.1) is 11.3 Å². The summed E-state index contributed by atoms with van der Waals surface area (Å²) in [6.07, 6.45) is 3.22. The van der Waals surface area contributed by atoms with E-state index in [-0.39, 0.29) is 5.56 Å². The highest BCUT2D eigenvalue weighted by Crippen LogP contribution is 2.34. The predicted octanol–water partition coefficient (Wildman–Crippen LogP) is 4.66. The zero-order valence-corrected chi connectivity index (χ0v) is 15.5. The monoisotopic (exact) mass is 383 g/mol. The van der Waals surface area contributed by atoms with E-state index < -0.39 is 0 Å². The summed E-state index contributed by atoms with van der Waals surface area (Å²) in [5.41, 5.74) is 1.98. The lowest BCUT2D eigenvalue weighted by molar-refractivity contribution is 0.299. The zero-order valence-electron chi connectivity index (χ0n) is 13.9. The van der Waals surface area contributed by atoms with E-state index in [0.29, 0.717) is 33.3 Å². The highest BCUT2D eigenvalue weighted by Gasteiger charge is 2.17. The number of rotatable bonds is 4. The molecule has 1 aromatic carbocycles. The molecule has 130 valence electrons. The Kier molecular flexibility index (Phi) is 4.22. The summed E-state index contributed by atoms with van der Waals surface area (Å²) in [4.78, 5) is 22.7. The van der Waals surface area contributed by atoms with E-state index in [1.807, 2.05) is 13.0 Å². The van der Waals surface area contributed by atoms with Crippen LogP contribution < -0.4 is 5.56 Å². The smallest absolute Gasteiger partial charge is 0.275 e. The first-order valence-corrected chi connectivity index (χ1v) is 9.16. The number of benzene rings is 1. The molecule has 26 heavy (non-hydrogen) atoms. The minimum atomic E-state index is -0.145. The summed E-state index contributed by atoms with van der Waals surface area (Å²) in [7, 11) is 0. The molecule has 0 saturated carbocycles. The quantitative estimate of drug-likeness (QED) is 0.481. The second-order valence-corrected chi connectivity index (χ2v) is 7.01. The third-order valence-corrected chi connectivity index (χ3v) is 5.33. The van der Waals surface area contributed by atoms with Gasteiger partial charge in [-0.2, -0.15) is 0 Å². The molecular weight excluding hydrogens is 370 g/mol. The number of nitrogens with zero attached hydrogens (tertiary/aromatic N) is 3. The van der Waals surface area contributed by atoms with E-state index in [2.05, 4.69) is 16.5 Å². The first-order chi connectivity index (χ1) is 12.6. The third-order valence-electron chi connectivity index (χ3n) is 4.01.